The molecule has 1 unspecified atom stereocenters. The van der Waals surface area contributed by atoms with Crippen molar-refractivity contribution in [3.63, 3.8) is 0 Å². The van der Waals surface area contributed by atoms with E-state index in [1.54, 1.807) is 49.4 Å². The van der Waals surface area contributed by atoms with Crippen molar-refractivity contribution >= 4 is 50.7 Å². The number of hydrogen-bond acceptors (Lipinski definition) is 4. The number of para-hydroxylation sites is 1. The minimum absolute atomic E-state index is 0.0791. The molecule has 0 bridgehead atoms. The average Bonchev–Trinajstić information content (AvgIpc) is 2.73. The molecule has 1 N–H and O–H groups in total. The molecule has 0 fully saturated rings. The fraction of sp³-hybridized carbons (Fsp3) is 0.391. The largest absolute Gasteiger partial charge is 0.354 e. The van der Waals surface area contributed by atoms with Gasteiger partial charge in [-0.25, -0.2) is 8.42 Å². The van der Waals surface area contributed by atoms with E-state index in [1.807, 2.05) is 13.8 Å². The number of anilines is 1. The van der Waals surface area contributed by atoms with Crippen LogP contribution in [0.5, 0.6) is 0 Å². The van der Waals surface area contributed by atoms with E-state index in [9.17, 15) is 18.0 Å². The highest BCUT2D eigenvalue weighted by molar-refractivity contribution is 7.92. The molecule has 0 aromatic heterocycles. The quantitative estimate of drug-likeness (QED) is 0.520. The standard InChI is InChI=1S/C23H29Cl2N3O4S/c1-16(2)13-26-23(30)17(3)27(14-18-8-7-9-19(24)12-18)22(29)15-28(33(4,31)32)21-11-6-5-10-20(21)25/h5-12,16-17H,13-15H2,1-4H3,(H,26,30). The summed E-state index contributed by atoms with van der Waals surface area (Å²) in [5, 5.41) is 3.51. The zero-order valence-corrected chi connectivity index (χ0v) is 21.4. The van der Waals surface area contributed by atoms with Crippen molar-refractivity contribution in [1.82, 2.24) is 10.2 Å². The van der Waals surface area contributed by atoms with Gasteiger partial charge in [-0.3, -0.25) is 13.9 Å². The smallest absolute Gasteiger partial charge is 0.244 e. The molecule has 2 aromatic rings. The van der Waals surface area contributed by atoms with Crippen LogP contribution in [-0.2, 0) is 26.2 Å². The fourth-order valence-corrected chi connectivity index (χ4v) is 4.48. The third kappa shape index (κ3) is 7.91. The molecule has 0 aliphatic rings. The summed E-state index contributed by atoms with van der Waals surface area (Å²) in [5.41, 5.74) is 0.901. The predicted octanol–water partition coefficient (Wildman–Crippen LogP) is 3.95. The normalized spacial score (nSPS) is 12.3. The Kier molecular flexibility index (Phi) is 9.57. The van der Waals surface area contributed by atoms with Crippen LogP contribution < -0.4 is 9.62 Å². The van der Waals surface area contributed by atoms with Crippen LogP contribution >= 0.6 is 23.2 Å². The Labute approximate surface area is 205 Å². The molecular weight excluding hydrogens is 485 g/mol. The second-order valence-electron chi connectivity index (χ2n) is 8.19. The van der Waals surface area contributed by atoms with Crippen LogP contribution in [0.3, 0.4) is 0 Å². The van der Waals surface area contributed by atoms with Crippen molar-refractivity contribution in [3.8, 4) is 0 Å². The zero-order chi connectivity index (χ0) is 24.8. The second kappa shape index (κ2) is 11.7. The number of carbonyl (C=O) groups excluding carboxylic acids is 2. The Balaban J connectivity index is 2.38. The van der Waals surface area contributed by atoms with Crippen molar-refractivity contribution in [1.29, 1.82) is 0 Å². The summed E-state index contributed by atoms with van der Waals surface area (Å²) >= 11 is 12.3. The van der Waals surface area contributed by atoms with Crippen LogP contribution in [0.25, 0.3) is 0 Å². The highest BCUT2D eigenvalue weighted by Gasteiger charge is 2.30. The summed E-state index contributed by atoms with van der Waals surface area (Å²) in [6.45, 7) is 5.57. The van der Waals surface area contributed by atoms with Crippen molar-refractivity contribution in [2.24, 2.45) is 5.92 Å². The molecule has 0 aliphatic carbocycles. The van der Waals surface area contributed by atoms with E-state index in [0.29, 0.717) is 17.1 Å². The molecule has 180 valence electrons. The van der Waals surface area contributed by atoms with Gasteiger partial charge in [-0.15, -0.1) is 0 Å². The van der Waals surface area contributed by atoms with Gasteiger partial charge in [0.2, 0.25) is 21.8 Å². The third-order valence-electron chi connectivity index (χ3n) is 4.89. The van der Waals surface area contributed by atoms with Crippen LogP contribution in [0.2, 0.25) is 10.0 Å². The molecule has 0 spiro atoms. The fourth-order valence-electron chi connectivity index (χ4n) is 3.12. The van der Waals surface area contributed by atoms with Crippen molar-refractivity contribution in [2.45, 2.75) is 33.4 Å². The van der Waals surface area contributed by atoms with E-state index < -0.39 is 28.5 Å². The van der Waals surface area contributed by atoms with Gasteiger partial charge in [-0.05, 0) is 42.7 Å². The number of nitrogens with one attached hydrogen (secondary N) is 1. The van der Waals surface area contributed by atoms with Crippen LogP contribution in [0.4, 0.5) is 5.69 Å². The molecule has 0 heterocycles. The number of benzene rings is 2. The summed E-state index contributed by atoms with van der Waals surface area (Å²) < 4.78 is 26.0. The van der Waals surface area contributed by atoms with Crippen LogP contribution in [0, 0.1) is 5.92 Å². The van der Waals surface area contributed by atoms with Gasteiger partial charge in [-0.1, -0.05) is 61.3 Å². The molecule has 33 heavy (non-hydrogen) atoms. The lowest BCUT2D eigenvalue weighted by atomic mass is 10.1. The van der Waals surface area contributed by atoms with Gasteiger partial charge < -0.3 is 10.2 Å². The lowest BCUT2D eigenvalue weighted by Gasteiger charge is -2.31. The number of hydrogen-bond donors (Lipinski definition) is 1. The molecule has 1 atom stereocenters. The predicted molar refractivity (Wildman–Crippen MR) is 133 cm³/mol. The second-order valence-corrected chi connectivity index (χ2v) is 10.9. The minimum atomic E-state index is -3.84. The Morgan fingerprint density at radius 3 is 2.27 bits per heavy atom. The maximum Gasteiger partial charge on any atom is 0.244 e. The first kappa shape index (κ1) is 27.0. The maximum absolute atomic E-state index is 13.4. The molecule has 10 heteroatoms. The Hall–Kier alpha value is -2.29. The van der Waals surface area contributed by atoms with Gasteiger partial charge >= 0.3 is 0 Å². The molecule has 0 aliphatic heterocycles. The Morgan fingerprint density at radius 2 is 1.70 bits per heavy atom. The minimum Gasteiger partial charge on any atom is -0.354 e. The molecule has 2 aromatic carbocycles. The van der Waals surface area contributed by atoms with Gasteiger partial charge in [0.25, 0.3) is 0 Å². The first-order valence-corrected chi connectivity index (χ1v) is 13.0. The zero-order valence-electron chi connectivity index (χ0n) is 19.1. The summed E-state index contributed by atoms with van der Waals surface area (Å²) in [4.78, 5) is 27.5. The molecular formula is C23H29Cl2N3O4S. The summed E-state index contributed by atoms with van der Waals surface area (Å²) in [6.07, 6.45) is 1.00. The molecule has 2 amide bonds. The van der Waals surface area contributed by atoms with E-state index in [4.69, 9.17) is 23.2 Å². The number of sulfonamides is 1. The third-order valence-corrected chi connectivity index (χ3v) is 6.58. The van der Waals surface area contributed by atoms with Crippen LogP contribution in [0.1, 0.15) is 26.3 Å². The number of halogens is 2. The molecule has 0 radical (unpaired) electrons. The van der Waals surface area contributed by atoms with E-state index in [0.717, 1.165) is 10.6 Å². The van der Waals surface area contributed by atoms with Crippen LogP contribution in [0.15, 0.2) is 48.5 Å². The number of carbonyl (C=O) groups is 2. The maximum atomic E-state index is 13.4. The Morgan fingerprint density at radius 1 is 1.03 bits per heavy atom. The number of nitrogens with zero attached hydrogens (tertiary/aromatic N) is 2. The monoisotopic (exact) mass is 513 g/mol. The topological polar surface area (TPSA) is 86.8 Å². The SMILES string of the molecule is CC(C)CNC(=O)C(C)N(Cc1cccc(Cl)c1)C(=O)CN(c1ccccc1Cl)S(C)(=O)=O. The molecule has 0 saturated heterocycles. The lowest BCUT2D eigenvalue weighted by molar-refractivity contribution is -0.139. The van der Waals surface area contributed by atoms with Gasteiger partial charge in [0.15, 0.2) is 0 Å². The van der Waals surface area contributed by atoms with Crippen molar-refractivity contribution in [2.75, 3.05) is 23.7 Å². The van der Waals surface area contributed by atoms with E-state index >= 15 is 0 Å². The lowest BCUT2D eigenvalue weighted by Crippen LogP contribution is -2.51. The van der Waals surface area contributed by atoms with E-state index in [-0.39, 0.29) is 29.1 Å². The van der Waals surface area contributed by atoms with E-state index in [2.05, 4.69) is 5.32 Å². The van der Waals surface area contributed by atoms with Crippen LogP contribution in [-0.4, -0.2) is 50.5 Å². The van der Waals surface area contributed by atoms with Gasteiger partial charge in [-0.2, -0.15) is 0 Å². The number of amides is 2. The van der Waals surface area contributed by atoms with E-state index in [1.165, 1.54) is 11.0 Å². The molecule has 2 rings (SSSR count). The molecule has 7 nitrogen and oxygen atoms in total. The first-order chi connectivity index (χ1) is 15.4. The van der Waals surface area contributed by atoms with Crippen molar-refractivity contribution < 1.29 is 18.0 Å². The Bertz CT molecular complexity index is 1090. The highest BCUT2D eigenvalue weighted by Crippen LogP contribution is 2.27. The first-order valence-electron chi connectivity index (χ1n) is 10.4. The number of rotatable bonds is 10. The summed E-state index contributed by atoms with van der Waals surface area (Å²) in [6, 6.07) is 12.5. The summed E-state index contributed by atoms with van der Waals surface area (Å²) in [7, 11) is -3.84. The van der Waals surface area contributed by atoms with Gasteiger partial charge in [0.05, 0.1) is 17.0 Å². The summed E-state index contributed by atoms with van der Waals surface area (Å²) in [5.74, 6) is -0.644. The average molecular weight is 514 g/mol. The van der Waals surface area contributed by atoms with Gasteiger partial charge in [0.1, 0.15) is 12.6 Å². The van der Waals surface area contributed by atoms with Crippen molar-refractivity contribution in [3.05, 3.63) is 64.1 Å². The molecule has 0 saturated carbocycles. The highest BCUT2D eigenvalue weighted by atomic mass is 35.5. The van der Waals surface area contributed by atoms with Gasteiger partial charge in [0, 0.05) is 18.1 Å².